The minimum Gasteiger partial charge on any atom is -0.493 e. The summed E-state index contributed by atoms with van der Waals surface area (Å²) < 4.78 is 21.3. The van der Waals surface area contributed by atoms with E-state index in [4.69, 9.17) is 14.2 Å². The molecule has 4 aromatic carbocycles. The number of rotatable bonds is 9. The Hall–Kier alpha value is -2.08. The number of hydrogen-bond donors (Lipinski definition) is 0. The number of halogens is 2. The van der Waals surface area contributed by atoms with Crippen LogP contribution < -0.4 is 9.47 Å². The third-order valence-corrected chi connectivity index (χ3v) is 7.21. The lowest BCUT2D eigenvalue weighted by atomic mass is 9.91. The molecule has 0 fully saturated rings. The van der Waals surface area contributed by atoms with E-state index >= 15 is 0 Å². The highest BCUT2D eigenvalue weighted by Crippen LogP contribution is 2.46. The molecule has 3 nitrogen and oxygen atoms in total. The molecule has 0 aliphatic rings. The van der Waals surface area contributed by atoms with Gasteiger partial charge >= 0.3 is 0 Å². The van der Waals surface area contributed by atoms with E-state index in [1.807, 2.05) is 0 Å². The number of fused-ring (bicyclic) bond motifs is 2. The second-order valence-corrected chi connectivity index (χ2v) is 14.0. The van der Waals surface area contributed by atoms with Crippen LogP contribution >= 0.6 is 31.9 Å². The molecule has 0 unspecified atom stereocenters. The van der Waals surface area contributed by atoms with Crippen molar-refractivity contribution >= 4 is 53.4 Å². The highest BCUT2D eigenvalue weighted by Gasteiger charge is 2.25. The van der Waals surface area contributed by atoms with Gasteiger partial charge < -0.3 is 14.2 Å². The lowest BCUT2D eigenvalue weighted by Gasteiger charge is -2.30. The molecular formula is C33H38Br2O3. The summed E-state index contributed by atoms with van der Waals surface area (Å²) in [6.45, 7) is 16.7. The van der Waals surface area contributed by atoms with Crippen molar-refractivity contribution in [3.05, 3.63) is 69.6 Å². The molecule has 0 atom stereocenters. The summed E-state index contributed by atoms with van der Waals surface area (Å²) in [7, 11) is 0. The van der Waals surface area contributed by atoms with Crippen LogP contribution in [-0.2, 0) is 4.74 Å². The smallest absolute Gasteiger partial charge is 0.127 e. The number of ether oxygens (including phenoxy) is 3. The van der Waals surface area contributed by atoms with Crippen LogP contribution in [0.4, 0.5) is 0 Å². The molecule has 0 N–H and O–H groups in total. The lowest BCUT2D eigenvalue weighted by Crippen LogP contribution is -2.32. The summed E-state index contributed by atoms with van der Waals surface area (Å²) in [5.74, 6) is 2.11. The van der Waals surface area contributed by atoms with Crippen LogP contribution in [0.3, 0.4) is 0 Å². The topological polar surface area (TPSA) is 27.7 Å². The molecule has 4 aromatic rings. The molecule has 0 spiro atoms. The summed E-state index contributed by atoms with van der Waals surface area (Å²) in [6, 6.07) is 21.3. The van der Waals surface area contributed by atoms with Crippen molar-refractivity contribution in [3.63, 3.8) is 0 Å². The SMILES string of the molecule is CC(C)COc1ccc2cc(Br)ccc2c1-c1c(OCC(C)(C)COC(C)(C)C)ccc2cc(Br)ccc12. The third-order valence-electron chi connectivity index (χ3n) is 6.22. The molecule has 202 valence electrons. The van der Waals surface area contributed by atoms with Crippen LogP contribution in [-0.4, -0.2) is 25.4 Å². The predicted molar refractivity (Wildman–Crippen MR) is 168 cm³/mol. The normalized spacial score (nSPS) is 12.5. The first-order valence-electron chi connectivity index (χ1n) is 13.2. The van der Waals surface area contributed by atoms with Crippen LogP contribution in [0.15, 0.2) is 69.6 Å². The second kappa shape index (κ2) is 11.6. The Bertz CT molecular complexity index is 1430. The van der Waals surface area contributed by atoms with E-state index in [9.17, 15) is 0 Å². The highest BCUT2D eigenvalue weighted by molar-refractivity contribution is 9.10. The van der Waals surface area contributed by atoms with E-state index in [1.54, 1.807) is 0 Å². The van der Waals surface area contributed by atoms with Crippen LogP contribution in [0.1, 0.15) is 48.5 Å². The van der Waals surface area contributed by atoms with Crippen LogP contribution in [0, 0.1) is 11.3 Å². The Balaban J connectivity index is 1.90. The minimum absolute atomic E-state index is 0.167. The molecule has 0 heterocycles. The molecule has 0 aromatic heterocycles. The summed E-state index contributed by atoms with van der Waals surface area (Å²) in [4.78, 5) is 0. The van der Waals surface area contributed by atoms with Crippen molar-refractivity contribution in [3.8, 4) is 22.6 Å². The monoisotopic (exact) mass is 640 g/mol. The van der Waals surface area contributed by atoms with Gasteiger partial charge in [0.2, 0.25) is 0 Å². The maximum Gasteiger partial charge on any atom is 0.127 e. The van der Waals surface area contributed by atoms with E-state index in [0.717, 1.165) is 53.1 Å². The number of benzene rings is 4. The van der Waals surface area contributed by atoms with Gasteiger partial charge in [-0.3, -0.25) is 0 Å². The van der Waals surface area contributed by atoms with E-state index in [-0.39, 0.29) is 11.0 Å². The Morgan fingerprint density at radius 2 is 1.16 bits per heavy atom. The Labute approximate surface area is 244 Å². The standard InChI is InChI=1S/C33H38Br2O3/c1-21(2)18-36-28-14-8-22-16-24(34)10-12-26(22)30(28)31-27-13-11-25(35)17-23(27)9-15-29(31)37-19-33(6,7)20-38-32(3,4)5/h8-17,21H,18-20H2,1-7H3. The molecule has 0 amide bonds. The van der Waals surface area contributed by atoms with E-state index < -0.39 is 0 Å². The largest absolute Gasteiger partial charge is 0.493 e. The van der Waals surface area contributed by atoms with Crippen molar-refractivity contribution in [2.24, 2.45) is 11.3 Å². The van der Waals surface area contributed by atoms with Crippen LogP contribution in [0.25, 0.3) is 32.7 Å². The predicted octanol–water partition coefficient (Wildman–Crippen LogP) is 10.4. The Morgan fingerprint density at radius 3 is 1.63 bits per heavy atom. The van der Waals surface area contributed by atoms with Crippen molar-refractivity contribution in [1.29, 1.82) is 0 Å². The fourth-order valence-corrected chi connectivity index (χ4v) is 5.06. The first kappa shape index (κ1) is 28.9. The van der Waals surface area contributed by atoms with Gasteiger partial charge in [0.1, 0.15) is 11.5 Å². The van der Waals surface area contributed by atoms with E-state index in [1.165, 1.54) is 0 Å². The Morgan fingerprint density at radius 1 is 0.658 bits per heavy atom. The van der Waals surface area contributed by atoms with Gasteiger partial charge in [0.25, 0.3) is 0 Å². The molecule has 38 heavy (non-hydrogen) atoms. The molecule has 0 bridgehead atoms. The van der Waals surface area contributed by atoms with Crippen molar-refractivity contribution in [1.82, 2.24) is 0 Å². The van der Waals surface area contributed by atoms with Crippen molar-refractivity contribution < 1.29 is 14.2 Å². The van der Waals surface area contributed by atoms with Gasteiger partial charge in [-0.25, -0.2) is 0 Å². The van der Waals surface area contributed by atoms with Crippen LogP contribution in [0.2, 0.25) is 0 Å². The molecule has 0 radical (unpaired) electrons. The average molecular weight is 642 g/mol. The van der Waals surface area contributed by atoms with Gasteiger partial charge in [-0.05, 0) is 84.6 Å². The zero-order chi connectivity index (χ0) is 27.7. The zero-order valence-electron chi connectivity index (χ0n) is 23.5. The van der Waals surface area contributed by atoms with Gasteiger partial charge in [-0.1, -0.05) is 83.8 Å². The highest BCUT2D eigenvalue weighted by atomic mass is 79.9. The molecule has 4 rings (SSSR count). The first-order chi connectivity index (χ1) is 17.8. The van der Waals surface area contributed by atoms with E-state index in [0.29, 0.717) is 25.7 Å². The number of hydrogen-bond acceptors (Lipinski definition) is 3. The fraction of sp³-hybridized carbons (Fsp3) is 0.394. The quantitative estimate of drug-likeness (QED) is 0.182. The Kier molecular flexibility index (Phi) is 8.81. The minimum atomic E-state index is -0.196. The molecule has 0 aliphatic heterocycles. The van der Waals surface area contributed by atoms with Gasteiger partial charge in [-0.15, -0.1) is 0 Å². The summed E-state index contributed by atoms with van der Waals surface area (Å²) in [5, 5.41) is 4.54. The maximum absolute atomic E-state index is 6.66. The maximum atomic E-state index is 6.66. The molecular weight excluding hydrogens is 604 g/mol. The zero-order valence-corrected chi connectivity index (χ0v) is 26.6. The van der Waals surface area contributed by atoms with Crippen molar-refractivity contribution in [2.75, 3.05) is 19.8 Å². The summed E-state index contributed by atoms with van der Waals surface area (Å²) >= 11 is 7.30. The van der Waals surface area contributed by atoms with Crippen molar-refractivity contribution in [2.45, 2.75) is 54.1 Å². The molecule has 5 heteroatoms. The lowest BCUT2D eigenvalue weighted by molar-refractivity contribution is -0.0531. The van der Waals surface area contributed by atoms with Gasteiger partial charge in [0.15, 0.2) is 0 Å². The molecule has 0 saturated carbocycles. The molecule has 0 saturated heterocycles. The van der Waals surface area contributed by atoms with Gasteiger partial charge in [-0.2, -0.15) is 0 Å². The van der Waals surface area contributed by atoms with E-state index in [2.05, 4.69) is 141 Å². The second-order valence-electron chi connectivity index (χ2n) is 12.2. The third kappa shape index (κ3) is 7.11. The summed E-state index contributed by atoms with van der Waals surface area (Å²) in [6.07, 6.45) is 0. The fourth-order valence-electron chi connectivity index (χ4n) is 4.30. The van der Waals surface area contributed by atoms with Gasteiger partial charge in [0.05, 0.1) is 25.4 Å². The molecule has 0 aliphatic carbocycles. The first-order valence-corrected chi connectivity index (χ1v) is 14.8. The van der Waals surface area contributed by atoms with Gasteiger partial charge in [0, 0.05) is 25.5 Å². The van der Waals surface area contributed by atoms with Crippen LogP contribution in [0.5, 0.6) is 11.5 Å². The summed E-state index contributed by atoms with van der Waals surface area (Å²) in [5.41, 5.74) is 1.75. The average Bonchev–Trinajstić information content (AvgIpc) is 2.84.